The van der Waals surface area contributed by atoms with Gasteiger partial charge in [-0.1, -0.05) is 6.42 Å². The van der Waals surface area contributed by atoms with Crippen molar-refractivity contribution in [2.45, 2.75) is 52.1 Å². The molecule has 162 valence electrons. The molecule has 8 heteroatoms. The molecule has 0 aliphatic heterocycles. The number of fused-ring (bicyclic) bond motifs is 1. The van der Waals surface area contributed by atoms with Crippen molar-refractivity contribution in [3.63, 3.8) is 0 Å². The van der Waals surface area contributed by atoms with E-state index in [4.69, 9.17) is 9.47 Å². The zero-order valence-electron chi connectivity index (χ0n) is 17.6. The maximum Gasteiger partial charge on any atom is 0.348 e. The van der Waals surface area contributed by atoms with Crippen LogP contribution >= 0.6 is 11.3 Å². The van der Waals surface area contributed by atoms with E-state index >= 15 is 0 Å². The van der Waals surface area contributed by atoms with E-state index < -0.39 is 0 Å². The van der Waals surface area contributed by atoms with Crippen LogP contribution in [0.25, 0.3) is 10.2 Å². The van der Waals surface area contributed by atoms with Gasteiger partial charge in [-0.2, -0.15) is 0 Å². The third kappa shape index (κ3) is 4.69. The number of rotatable bonds is 6. The maximum absolute atomic E-state index is 12.8. The van der Waals surface area contributed by atoms with Gasteiger partial charge in [-0.15, -0.1) is 11.3 Å². The van der Waals surface area contributed by atoms with E-state index in [1.54, 1.807) is 31.2 Å². The normalized spacial score (nSPS) is 14.4. The molecule has 31 heavy (non-hydrogen) atoms. The summed E-state index contributed by atoms with van der Waals surface area (Å²) < 4.78 is 10.8. The second-order valence-electron chi connectivity index (χ2n) is 7.55. The monoisotopic (exact) mass is 439 g/mol. The van der Waals surface area contributed by atoms with E-state index in [1.165, 1.54) is 24.1 Å². The molecule has 0 amide bonds. The van der Waals surface area contributed by atoms with Gasteiger partial charge in [0.1, 0.15) is 28.0 Å². The molecule has 1 aliphatic rings. The second kappa shape index (κ2) is 9.43. The highest BCUT2D eigenvalue weighted by Crippen LogP contribution is 2.35. The average molecular weight is 440 g/mol. The third-order valence-electron chi connectivity index (χ3n) is 5.40. The summed E-state index contributed by atoms with van der Waals surface area (Å²) in [4.78, 5) is 34.7. The molecule has 2 heterocycles. The lowest BCUT2D eigenvalue weighted by Gasteiger charge is -2.21. The standard InChI is InChI=1S/C23H25N3O4S/c1-3-29-22(27)15-9-11-16(12-10-15)26-20-18-14(2)19(31-21(18)25-13-24-20)23(28)30-17-7-5-4-6-8-17/h9-13,17H,3-8H2,1-2H3,(H,24,25,26). The van der Waals surface area contributed by atoms with Crippen molar-refractivity contribution in [3.8, 4) is 0 Å². The van der Waals surface area contributed by atoms with Gasteiger partial charge in [-0.3, -0.25) is 0 Å². The lowest BCUT2D eigenvalue weighted by atomic mass is 9.98. The quantitative estimate of drug-likeness (QED) is 0.514. The number of esters is 2. The first-order valence-electron chi connectivity index (χ1n) is 10.6. The van der Waals surface area contributed by atoms with Crippen LogP contribution in [-0.2, 0) is 9.47 Å². The van der Waals surface area contributed by atoms with Crippen LogP contribution in [0.2, 0.25) is 0 Å². The van der Waals surface area contributed by atoms with Crippen molar-refractivity contribution in [1.82, 2.24) is 9.97 Å². The molecule has 3 aromatic rings. The molecule has 0 bridgehead atoms. The van der Waals surface area contributed by atoms with Crippen LogP contribution in [0.5, 0.6) is 0 Å². The van der Waals surface area contributed by atoms with Gasteiger partial charge in [0.05, 0.1) is 17.6 Å². The fraction of sp³-hybridized carbons (Fsp3) is 0.391. The molecule has 7 nitrogen and oxygen atoms in total. The molecular weight excluding hydrogens is 414 g/mol. The zero-order valence-corrected chi connectivity index (χ0v) is 18.5. The van der Waals surface area contributed by atoms with Gasteiger partial charge in [0.25, 0.3) is 0 Å². The predicted molar refractivity (Wildman–Crippen MR) is 120 cm³/mol. The minimum Gasteiger partial charge on any atom is -0.462 e. The number of hydrogen-bond donors (Lipinski definition) is 1. The molecule has 0 atom stereocenters. The molecule has 1 aromatic carbocycles. The lowest BCUT2D eigenvalue weighted by Crippen LogP contribution is -2.20. The SMILES string of the molecule is CCOC(=O)c1ccc(Nc2ncnc3sc(C(=O)OC4CCCCC4)c(C)c23)cc1. The van der Waals surface area contributed by atoms with Crippen molar-refractivity contribution >= 4 is 45.0 Å². The Bertz CT molecular complexity index is 1090. The Balaban J connectivity index is 1.56. The predicted octanol–water partition coefficient (Wildman–Crippen LogP) is 5.41. The summed E-state index contributed by atoms with van der Waals surface area (Å²) in [6.45, 7) is 4.01. The first-order chi connectivity index (χ1) is 15.1. The third-order valence-corrected chi connectivity index (χ3v) is 6.58. The zero-order chi connectivity index (χ0) is 21.8. The van der Waals surface area contributed by atoms with Crippen LogP contribution in [0.4, 0.5) is 11.5 Å². The smallest absolute Gasteiger partial charge is 0.348 e. The summed E-state index contributed by atoms with van der Waals surface area (Å²) in [6.07, 6.45) is 6.78. The summed E-state index contributed by atoms with van der Waals surface area (Å²) in [7, 11) is 0. The van der Waals surface area contributed by atoms with Gasteiger partial charge >= 0.3 is 11.9 Å². The number of nitrogens with zero attached hydrogens (tertiary/aromatic N) is 2. The fourth-order valence-electron chi connectivity index (χ4n) is 3.79. The molecule has 0 unspecified atom stereocenters. The van der Waals surface area contributed by atoms with E-state index in [0.29, 0.717) is 22.9 Å². The van der Waals surface area contributed by atoms with Crippen molar-refractivity contribution in [2.24, 2.45) is 0 Å². The molecular formula is C23H25N3O4S. The molecule has 1 fully saturated rings. The van der Waals surface area contributed by atoms with Gasteiger partial charge in [0, 0.05) is 5.69 Å². The van der Waals surface area contributed by atoms with Gasteiger partial charge in [0.15, 0.2) is 0 Å². The number of hydrogen-bond acceptors (Lipinski definition) is 8. The van der Waals surface area contributed by atoms with Crippen molar-refractivity contribution in [2.75, 3.05) is 11.9 Å². The molecule has 0 saturated heterocycles. The Labute approximate surface area is 184 Å². The topological polar surface area (TPSA) is 90.4 Å². The largest absolute Gasteiger partial charge is 0.462 e. The Morgan fingerprint density at radius 2 is 1.84 bits per heavy atom. The van der Waals surface area contributed by atoms with Crippen LogP contribution in [0.3, 0.4) is 0 Å². The molecule has 4 rings (SSSR count). The average Bonchev–Trinajstić information content (AvgIpc) is 3.13. The molecule has 1 saturated carbocycles. The molecule has 2 aromatic heterocycles. The summed E-state index contributed by atoms with van der Waals surface area (Å²) in [6, 6.07) is 6.98. The van der Waals surface area contributed by atoms with E-state index in [0.717, 1.165) is 47.2 Å². The van der Waals surface area contributed by atoms with Crippen molar-refractivity contribution in [3.05, 3.63) is 46.6 Å². The minimum atomic E-state index is -0.353. The Morgan fingerprint density at radius 1 is 1.10 bits per heavy atom. The number of aromatic nitrogens is 2. The Hall–Kier alpha value is -3.00. The number of ether oxygens (including phenoxy) is 2. The highest BCUT2D eigenvalue weighted by atomic mass is 32.1. The summed E-state index contributed by atoms with van der Waals surface area (Å²) in [5.74, 6) is -0.0234. The Kier molecular flexibility index (Phi) is 6.46. The summed E-state index contributed by atoms with van der Waals surface area (Å²) in [5.41, 5.74) is 2.07. The number of nitrogens with one attached hydrogen (secondary N) is 1. The van der Waals surface area contributed by atoms with E-state index in [2.05, 4.69) is 15.3 Å². The number of carbonyl (C=O) groups is 2. The number of anilines is 2. The summed E-state index contributed by atoms with van der Waals surface area (Å²) in [5, 5.41) is 4.07. The van der Waals surface area contributed by atoms with Crippen LogP contribution in [0.1, 0.15) is 64.6 Å². The van der Waals surface area contributed by atoms with E-state index in [1.807, 2.05) is 6.92 Å². The first-order valence-corrected chi connectivity index (χ1v) is 11.4. The maximum atomic E-state index is 12.8. The molecule has 0 spiro atoms. The highest BCUT2D eigenvalue weighted by molar-refractivity contribution is 7.20. The molecule has 1 N–H and O–H groups in total. The van der Waals surface area contributed by atoms with Gasteiger partial charge in [0.2, 0.25) is 0 Å². The van der Waals surface area contributed by atoms with Crippen molar-refractivity contribution in [1.29, 1.82) is 0 Å². The van der Waals surface area contributed by atoms with Gasteiger partial charge in [-0.25, -0.2) is 19.6 Å². The number of benzene rings is 1. The van der Waals surface area contributed by atoms with Crippen LogP contribution in [0, 0.1) is 6.92 Å². The molecule has 1 aliphatic carbocycles. The van der Waals surface area contributed by atoms with Gasteiger partial charge < -0.3 is 14.8 Å². The first kappa shape index (κ1) is 21.2. The van der Waals surface area contributed by atoms with Gasteiger partial charge in [-0.05, 0) is 69.4 Å². The van der Waals surface area contributed by atoms with Crippen molar-refractivity contribution < 1.29 is 19.1 Å². The highest BCUT2D eigenvalue weighted by Gasteiger charge is 2.24. The number of aryl methyl sites for hydroxylation is 1. The lowest BCUT2D eigenvalue weighted by molar-refractivity contribution is 0.0216. The number of carbonyl (C=O) groups excluding carboxylic acids is 2. The number of thiophene rings is 1. The Morgan fingerprint density at radius 3 is 2.55 bits per heavy atom. The van der Waals surface area contributed by atoms with E-state index in [9.17, 15) is 9.59 Å². The van der Waals surface area contributed by atoms with Crippen LogP contribution in [0.15, 0.2) is 30.6 Å². The summed E-state index contributed by atoms with van der Waals surface area (Å²) >= 11 is 1.33. The van der Waals surface area contributed by atoms with Crippen LogP contribution in [-0.4, -0.2) is 34.6 Å². The molecule has 0 radical (unpaired) electrons. The van der Waals surface area contributed by atoms with E-state index in [-0.39, 0.29) is 18.0 Å². The minimum absolute atomic E-state index is 0.00690. The fourth-order valence-corrected chi connectivity index (χ4v) is 4.82. The second-order valence-corrected chi connectivity index (χ2v) is 8.55. The van der Waals surface area contributed by atoms with Crippen LogP contribution < -0.4 is 5.32 Å².